The van der Waals surface area contributed by atoms with Gasteiger partial charge < -0.3 is 4.74 Å². The second-order valence-corrected chi connectivity index (χ2v) is 7.61. The van der Waals surface area contributed by atoms with E-state index < -0.39 is 5.97 Å². The number of ether oxygens (including phenoxy) is 1. The Balaban J connectivity index is 1.39. The fourth-order valence-corrected chi connectivity index (χ4v) is 3.28. The van der Waals surface area contributed by atoms with E-state index in [-0.39, 0.29) is 5.91 Å². The van der Waals surface area contributed by atoms with Crippen LogP contribution in [0.3, 0.4) is 0 Å². The zero-order chi connectivity index (χ0) is 21.6. The molecule has 0 aliphatic heterocycles. The number of nitrogens with zero attached hydrogens (tertiary/aromatic N) is 1. The van der Waals surface area contributed by atoms with Crippen molar-refractivity contribution in [2.24, 2.45) is 5.10 Å². The van der Waals surface area contributed by atoms with Crippen LogP contribution in [0.2, 0.25) is 0 Å². The summed E-state index contributed by atoms with van der Waals surface area (Å²) in [6.45, 7) is 0. The molecule has 0 heterocycles. The lowest BCUT2D eigenvalue weighted by atomic mass is 10.0. The van der Waals surface area contributed by atoms with Gasteiger partial charge in [0.05, 0.1) is 11.8 Å². The molecule has 0 saturated heterocycles. The first-order chi connectivity index (χ1) is 15.1. The van der Waals surface area contributed by atoms with Crippen molar-refractivity contribution < 1.29 is 14.3 Å². The molecule has 0 aliphatic carbocycles. The molecular formula is C25H17BrN2O3. The van der Waals surface area contributed by atoms with E-state index in [4.69, 9.17) is 4.74 Å². The Morgan fingerprint density at radius 2 is 1.55 bits per heavy atom. The summed E-state index contributed by atoms with van der Waals surface area (Å²) in [5.74, 6) is -0.293. The van der Waals surface area contributed by atoms with E-state index in [1.54, 1.807) is 54.6 Å². The van der Waals surface area contributed by atoms with Crippen LogP contribution in [0.5, 0.6) is 5.75 Å². The summed E-state index contributed by atoms with van der Waals surface area (Å²) in [6, 6.07) is 27.1. The highest BCUT2D eigenvalue weighted by Gasteiger charge is 2.12. The topological polar surface area (TPSA) is 67.8 Å². The first kappa shape index (κ1) is 20.5. The van der Waals surface area contributed by atoms with Crippen molar-refractivity contribution in [1.82, 2.24) is 5.43 Å². The Labute approximate surface area is 187 Å². The van der Waals surface area contributed by atoms with Crippen molar-refractivity contribution in [1.29, 1.82) is 0 Å². The fourth-order valence-electron chi connectivity index (χ4n) is 3.02. The van der Waals surface area contributed by atoms with Crippen LogP contribution in [-0.4, -0.2) is 18.1 Å². The van der Waals surface area contributed by atoms with Gasteiger partial charge >= 0.3 is 5.97 Å². The molecule has 4 rings (SSSR count). The first-order valence-electron chi connectivity index (χ1n) is 9.49. The largest absolute Gasteiger partial charge is 0.423 e. The molecule has 0 fully saturated rings. The Morgan fingerprint density at radius 3 is 2.32 bits per heavy atom. The summed E-state index contributed by atoms with van der Waals surface area (Å²) in [5, 5.41) is 5.80. The van der Waals surface area contributed by atoms with Gasteiger partial charge in [0, 0.05) is 10.0 Å². The average molecular weight is 473 g/mol. The van der Waals surface area contributed by atoms with E-state index >= 15 is 0 Å². The minimum Gasteiger partial charge on any atom is -0.423 e. The van der Waals surface area contributed by atoms with Crippen molar-refractivity contribution in [3.05, 3.63) is 112 Å². The van der Waals surface area contributed by atoms with Crippen molar-refractivity contribution in [3.8, 4) is 5.75 Å². The van der Waals surface area contributed by atoms with Gasteiger partial charge in [-0.3, -0.25) is 4.79 Å². The molecule has 0 bridgehead atoms. The van der Waals surface area contributed by atoms with E-state index in [2.05, 4.69) is 26.5 Å². The molecule has 0 atom stereocenters. The van der Waals surface area contributed by atoms with Crippen LogP contribution in [0.25, 0.3) is 10.8 Å². The SMILES string of the molecule is O=C(N/N=C/c1ccc(OC(=O)c2cccc3ccccc23)cc1)c1ccc(Br)cc1. The highest BCUT2D eigenvalue weighted by molar-refractivity contribution is 9.10. The highest BCUT2D eigenvalue weighted by atomic mass is 79.9. The van der Waals surface area contributed by atoms with E-state index in [0.717, 1.165) is 20.8 Å². The normalized spacial score (nSPS) is 10.9. The Morgan fingerprint density at radius 1 is 0.839 bits per heavy atom. The molecule has 4 aromatic rings. The number of esters is 1. The summed E-state index contributed by atoms with van der Waals surface area (Å²) < 4.78 is 6.41. The number of halogens is 1. The van der Waals surface area contributed by atoms with Crippen LogP contribution < -0.4 is 10.2 Å². The lowest BCUT2D eigenvalue weighted by Crippen LogP contribution is -2.17. The van der Waals surface area contributed by atoms with Crippen molar-refractivity contribution in [2.45, 2.75) is 0 Å². The molecule has 0 aliphatic rings. The van der Waals surface area contributed by atoms with Gasteiger partial charge in [-0.15, -0.1) is 0 Å². The molecule has 0 unspecified atom stereocenters. The molecule has 1 N–H and O–H groups in total. The van der Waals surface area contributed by atoms with Gasteiger partial charge in [-0.25, -0.2) is 10.2 Å². The number of hydrogen-bond donors (Lipinski definition) is 1. The molecule has 6 heteroatoms. The summed E-state index contributed by atoms with van der Waals surface area (Å²) in [4.78, 5) is 24.7. The van der Waals surface area contributed by atoms with E-state index in [0.29, 0.717) is 16.9 Å². The van der Waals surface area contributed by atoms with Gasteiger partial charge in [0.25, 0.3) is 5.91 Å². The van der Waals surface area contributed by atoms with Gasteiger partial charge in [-0.1, -0.05) is 52.3 Å². The van der Waals surface area contributed by atoms with Gasteiger partial charge in [-0.2, -0.15) is 5.10 Å². The number of hydrazone groups is 1. The molecule has 4 aromatic carbocycles. The third-order valence-corrected chi connectivity index (χ3v) is 5.11. The van der Waals surface area contributed by atoms with E-state index in [1.807, 2.05) is 36.4 Å². The summed E-state index contributed by atoms with van der Waals surface area (Å²) in [6.07, 6.45) is 1.52. The average Bonchev–Trinajstić information content (AvgIpc) is 2.80. The molecular weight excluding hydrogens is 456 g/mol. The molecule has 0 aromatic heterocycles. The van der Waals surface area contributed by atoms with Crippen LogP contribution in [0.4, 0.5) is 0 Å². The Bertz CT molecular complexity index is 1260. The van der Waals surface area contributed by atoms with Crippen LogP contribution in [-0.2, 0) is 0 Å². The zero-order valence-electron chi connectivity index (χ0n) is 16.3. The molecule has 152 valence electrons. The Hall–Kier alpha value is -3.77. The van der Waals surface area contributed by atoms with E-state index in [9.17, 15) is 9.59 Å². The molecule has 5 nitrogen and oxygen atoms in total. The van der Waals surface area contributed by atoms with Crippen molar-refractivity contribution in [2.75, 3.05) is 0 Å². The number of amides is 1. The lowest BCUT2D eigenvalue weighted by molar-refractivity contribution is 0.0736. The van der Waals surface area contributed by atoms with Gasteiger partial charge in [0.15, 0.2) is 0 Å². The van der Waals surface area contributed by atoms with Crippen molar-refractivity contribution >= 4 is 44.8 Å². The van der Waals surface area contributed by atoms with Gasteiger partial charge in [0.1, 0.15) is 5.75 Å². The summed E-state index contributed by atoms with van der Waals surface area (Å²) >= 11 is 3.33. The number of rotatable bonds is 5. The quantitative estimate of drug-likeness (QED) is 0.178. The highest BCUT2D eigenvalue weighted by Crippen LogP contribution is 2.21. The standard InChI is InChI=1S/C25H17BrN2O3/c26-20-12-10-19(11-13-20)24(29)28-27-16-17-8-14-21(15-9-17)31-25(30)23-7-3-5-18-4-1-2-6-22(18)23/h1-16H,(H,28,29)/b27-16+. The summed E-state index contributed by atoms with van der Waals surface area (Å²) in [5.41, 5.74) is 4.26. The molecule has 0 saturated carbocycles. The van der Waals surface area contributed by atoms with Crippen LogP contribution in [0.1, 0.15) is 26.3 Å². The van der Waals surface area contributed by atoms with Crippen molar-refractivity contribution in [3.63, 3.8) is 0 Å². The minimum atomic E-state index is -0.417. The van der Waals surface area contributed by atoms with Crippen LogP contribution in [0.15, 0.2) is 101 Å². The molecule has 0 radical (unpaired) electrons. The van der Waals surface area contributed by atoms with Gasteiger partial charge in [0.2, 0.25) is 0 Å². The number of carbonyl (C=O) groups excluding carboxylic acids is 2. The minimum absolute atomic E-state index is 0.301. The number of hydrogen-bond acceptors (Lipinski definition) is 4. The lowest BCUT2D eigenvalue weighted by Gasteiger charge is -2.07. The third-order valence-electron chi connectivity index (χ3n) is 4.59. The number of fused-ring (bicyclic) bond motifs is 1. The second kappa shape index (κ2) is 9.36. The maximum atomic E-state index is 12.6. The van der Waals surface area contributed by atoms with E-state index in [1.165, 1.54) is 6.21 Å². The van der Waals surface area contributed by atoms with Gasteiger partial charge in [-0.05, 0) is 70.9 Å². The number of nitrogens with one attached hydrogen (secondary N) is 1. The maximum absolute atomic E-state index is 12.6. The molecule has 31 heavy (non-hydrogen) atoms. The fraction of sp³-hybridized carbons (Fsp3) is 0. The maximum Gasteiger partial charge on any atom is 0.344 e. The van der Waals surface area contributed by atoms with Crippen LogP contribution in [0, 0.1) is 0 Å². The molecule has 0 spiro atoms. The number of carbonyl (C=O) groups is 2. The predicted octanol–water partition coefficient (Wildman–Crippen LogP) is 5.59. The Kier molecular flexibility index (Phi) is 6.19. The molecule has 1 amide bonds. The van der Waals surface area contributed by atoms with Crippen LogP contribution >= 0.6 is 15.9 Å². The third kappa shape index (κ3) is 5.05. The first-order valence-corrected chi connectivity index (χ1v) is 10.3. The second-order valence-electron chi connectivity index (χ2n) is 6.69. The number of benzene rings is 4. The predicted molar refractivity (Wildman–Crippen MR) is 125 cm³/mol. The zero-order valence-corrected chi connectivity index (χ0v) is 17.9. The monoisotopic (exact) mass is 472 g/mol. The summed E-state index contributed by atoms with van der Waals surface area (Å²) in [7, 11) is 0. The smallest absolute Gasteiger partial charge is 0.344 e.